The predicted octanol–water partition coefficient (Wildman–Crippen LogP) is 2.52. The number of Topliss-reactive ketones (excluding diaryl/α,β-unsaturated/α-hetero) is 1. The first-order valence-electron chi connectivity index (χ1n) is 12.2. The van der Waals surface area contributed by atoms with E-state index in [4.69, 9.17) is 4.52 Å². The Labute approximate surface area is 217 Å². The van der Waals surface area contributed by atoms with Crippen LogP contribution >= 0.6 is 0 Å². The maximum Gasteiger partial charge on any atom is 0.416 e. The molecule has 3 amide bonds. The highest BCUT2D eigenvalue weighted by atomic mass is 19.4. The molecule has 0 bridgehead atoms. The Kier molecular flexibility index (Phi) is 8.89. The summed E-state index contributed by atoms with van der Waals surface area (Å²) in [5.41, 5.74) is -0.546. The van der Waals surface area contributed by atoms with Crippen LogP contribution in [0.2, 0.25) is 0 Å². The van der Waals surface area contributed by atoms with Crippen molar-refractivity contribution in [1.29, 1.82) is 0 Å². The summed E-state index contributed by atoms with van der Waals surface area (Å²) < 4.78 is 44.1. The average molecular weight is 538 g/mol. The van der Waals surface area contributed by atoms with Gasteiger partial charge >= 0.3 is 6.18 Å². The van der Waals surface area contributed by atoms with Crippen molar-refractivity contribution in [3.8, 4) is 0 Å². The molecule has 0 radical (unpaired) electrons. The molecule has 2 N–H and O–H groups in total. The zero-order valence-corrected chi connectivity index (χ0v) is 21.5. The highest BCUT2D eigenvalue weighted by molar-refractivity contribution is 6.00. The van der Waals surface area contributed by atoms with Crippen molar-refractivity contribution in [2.24, 2.45) is 5.92 Å². The van der Waals surface area contributed by atoms with Crippen LogP contribution in [0.25, 0.3) is 0 Å². The van der Waals surface area contributed by atoms with E-state index >= 15 is 0 Å². The molecule has 0 unspecified atom stereocenters. The van der Waals surface area contributed by atoms with E-state index in [-0.39, 0.29) is 35.5 Å². The van der Waals surface area contributed by atoms with Crippen LogP contribution in [0.1, 0.15) is 68.2 Å². The number of hydrogen-bond acceptors (Lipinski definition) is 7. The Morgan fingerprint density at radius 3 is 2.50 bits per heavy atom. The molecule has 1 aromatic carbocycles. The molecular formula is C25H30F3N5O5. The molecule has 2 heterocycles. The maximum atomic E-state index is 13.2. The second kappa shape index (κ2) is 11.7. The van der Waals surface area contributed by atoms with Gasteiger partial charge in [0.15, 0.2) is 0 Å². The summed E-state index contributed by atoms with van der Waals surface area (Å²) in [7, 11) is 0. The van der Waals surface area contributed by atoms with Gasteiger partial charge in [0.05, 0.1) is 18.0 Å². The Morgan fingerprint density at radius 2 is 1.87 bits per heavy atom. The number of rotatable bonds is 9. The molecule has 2 aromatic rings. The van der Waals surface area contributed by atoms with Crippen LogP contribution in [-0.2, 0) is 27.0 Å². The molecule has 1 fully saturated rings. The van der Waals surface area contributed by atoms with E-state index in [1.54, 1.807) is 13.8 Å². The number of likely N-dealkylation sites (tertiary alicyclic amines) is 1. The number of hydrogen-bond donors (Lipinski definition) is 2. The van der Waals surface area contributed by atoms with Crippen LogP contribution in [0, 0.1) is 5.92 Å². The topological polar surface area (TPSA) is 134 Å². The van der Waals surface area contributed by atoms with Gasteiger partial charge < -0.3 is 20.1 Å². The summed E-state index contributed by atoms with van der Waals surface area (Å²) in [6, 6.07) is 1.99. The summed E-state index contributed by atoms with van der Waals surface area (Å²) in [5, 5.41) is 8.87. The first kappa shape index (κ1) is 28.8. The normalized spacial score (nSPS) is 17.3. The number of aromatic nitrogens is 2. The largest absolute Gasteiger partial charge is 0.416 e. The fourth-order valence-electron chi connectivity index (χ4n) is 4.30. The lowest BCUT2D eigenvalue weighted by atomic mass is 9.98. The summed E-state index contributed by atoms with van der Waals surface area (Å²) in [4.78, 5) is 55.8. The number of carbonyl (C=O) groups is 4. The fourth-order valence-corrected chi connectivity index (χ4v) is 4.30. The molecule has 1 aliphatic rings. The number of amides is 3. The molecule has 13 heteroatoms. The van der Waals surface area contributed by atoms with Crippen molar-refractivity contribution in [1.82, 2.24) is 25.7 Å². The summed E-state index contributed by atoms with van der Waals surface area (Å²) in [5.74, 6) is -2.67. The molecule has 38 heavy (non-hydrogen) atoms. The lowest BCUT2D eigenvalue weighted by Gasteiger charge is -2.29. The molecule has 1 aromatic heterocycles. The van der Waals surface area contributed by atoms with Gasteiger partial charge in [-0.05, 0) is 37.3 Å². The van der Waals surface area contributed by atoms with E-state index < -0.39 is 47.5 Å². The third-order valence-electron chi connectivity index (χ3n) is 6.17. The highest BCUT2D eigenvalue weighted by Gasteiger charge is 2.39. The van der Waals surface area contributed by atoms with Crippen molar-refractivity contribution in [3.63, 3.8) is 0 Å². The van der Waals surface area contributed by atoms with E-state index in [0.717, 1.165) is 12.1 Å². The van der Waals surface area contributed by atoms with Gasteiger partial charge in [-0.2, -0.15) is 18.2 Å². The van der Waals surface area contributed by atoms with Crippen LogP contribution in [-0.4, -0.2) is 63.2 Å². The quantitative estimate of drug-likeness (QED) is 0.470. The van der Waals surface area contributed by atoms with E-state index in [9.17, 15) is 32.3 Å². The van der Waals surface area contributed by atoms with Crippen molar-refractivity contribution in [2.45, 2.75) is 71.3 Å². The monoisotopic (exact) mass is 537 g/mol. The Hall–Kier alpha value is -3.77. The van der Waals surface area contributed by atoms with Gasteiger partial charge in [-0.15, -0.1) is 0 Å². The third-order valence-corrected chi connectivity index (χ3v) is 6.17. The Bertz CT molecular complexity index is 1200. The molecule has 0 aliphatic carbocycles. The van der Waals surface area contributed by atoms with Gasteiger partial charge in [0.25, 0.3) is 0 Å². The lowest BCUT2D eigenvalue weighted by Crippen LogP contribution is -2.55. The van der Waals surface area contributed by atoms with Crippen LogP contribution in [0.5, 0.6) is 0 Å². The second-order valence-corrected chi connectivity index (χ2v) is 9.59. The standard InChI is InChI=1S/C25H30F3N5O5/c1-13(2)20(31-23(36)18-9-6-10-33(18)24(37)14(3)29-15(4)34)21(35)22-30-19(38-32-22)12-16-7-5-8-17(11-16)25(26,27)28/h5,7-8,11,13-14,18,20H,6,9-10,12H2,1-4H3,(H,29,34)(H,31,36)/t14-,18-,20-/m0/s1. The van der Waals surface area contributed by atoms with Crippen molar-refractivity contribution >= 4 is 23.5 Å². The minimum Gasteiger partial charge on any atom is -0.345 e. The molecule has 10 nitrogen and oxygen atoms in total. The van der Waals surface area contributed by atoms with E-state index in [1.165, 1.54) is 30.9 Å². The third kappa shape index (κ3) is 6.95. The maximum absolute atomic E-state index is 13.2. The van der Waals surface area contributed by atoms with Gasteiger partial charge in [-0.25, -0.2) is 0 Å². The predicted molar refractivity (Wildman–Crippen MR) is 128 cm³/mol. The molecule has 1 aliphatic heterocycles. The van der Waals surface area contributed by atoms with Gasteiger partial charge in [0.1, 0.15) is 12.1 Å². The lowest BCUT2D eigenvalue weighted by molar-refractivity contribution is -0.141. The zero-order valence-electron chi connectivity index (χ0n) is 21.5. The minimum atomic E-state index is -4.50. The van der Waals surface area contributed by atoms with Crippen LogP contribution in [0.4, 0.5) is 13.2 Å². The fraction of sp³-hybridized carbons (Fsp3) is 0.520. The Balaban J connectivity index is 1.70. The van der Waals surface area contributed by atoms with Crippen LogP contribution in [0.15, 0.2) is 28.8 Å². The molecule has 3 atom stereocenters. The van der Waals surface area contributed by atoms with Crippen molar-refractivity contribution < 1.29 is 36.9 Å². The molecule has 0 spiro atoms. The number of nitrogens with zero attached hydrogens (tertiary/aromatic N) is 3. The highest BCUT2D eigenvalue weighted by Crippen LogP contribution is 2.30. The summed E-state index contributed by atoms with van der Waals surface area (Å²) >= 11 is 0. The van der Waals surface area contributed by atoms with Crippen molar-refractivity contribution in [2.75, 3.05) is 6.54 Å². The number of ketones is 1. The first-order valence-corrected chi connectivity index (χ1v) is 12.2. The molecule has 1 saturated heterocycles. The smallest absolute Gasteiger partial charge is 0.345 e. The number of carbonyl (C=O) groups excluding carboxylic acids is 4. The van der Waals surface area contributed by atoms with Crippen LogP contribution in [0.3, 0.4) is 0 Å². The number of halogens is 3. The molecule has 206 valence electrons. The van der Waals surface area contributed by atoms with E-state index in [2.05, 4.69) is 20.8 Å². The number of benzene rings is 1. The van der Waals surface area contributed by atoms with E-state index in [1.807, 2.05) is 0 Å². The molecule has 0 saturated carbocycles. The molecule has 3 rings (SSSR count). The number of alkyl halides is 3. The van der Waals surface area contributed by atoms with E-state index in [0.29, 0.717) is 19.4 Å². The average Bonchev–Trinajstić information content (AvgIpc) is 3.50. The van der Waals surface area contributed by atoms with Gasteiger partial charge in [-0.3, -0.25) is 19.2 Å². The van der Waals surface area contributed by atoms with Gasteiger partial charge in [0.2, 0.25) is 35.2 Å². The van der Waals surface area contributed by atoms with Gasteiger partial charge in [-0.1, -0.05) is 37.2 Å². The van der Waals surface area contributed by atoms with Gasteiger partial charge in [0, 0.05) is 13.5 Å². The zero-order chi connectivity index (χ0) is 28.2. The minimum absolute atomic E-state index is 0.0546. The Morgan fingerprint density at radius 1 is 1.16 bits per heavy atom. The first-order chi connectivity index (χ1) is 17.8. The summed E-state index contributed by atoms with van der Waals surface area (Å²) in [6.07, 6.45) is -3.64. The number of nitrogens with one attached hydrogen (secondary N) is 2. The SMILES string of the molecule is CC(=O)N[C@@H](C)C(=O)N1CCC[C@H]1C(=O)N[C@H](C(=O)c1noc(Cc2cccc(C(F)(F)F)c2)n1)C(C)C. The van der Waals surface area contributed by atoms with Crippen LogP contribution < -0.4 is 10.6 Å². The van der Waals surface area contributed by atoms with Crippen molar-refractivity contribution in [3.05, 3.63) is 47.1 Å². The molecular weight excluding hydrogens is 507 g/mol. The summed E-state index contributed by atoms with van der Waals surface area (Å²) in [6.45, 7) is 6.58. The second-order valence-electron chi connectivity index (χ2n) is 9.59.